The Morgan fingerprint density at radius 2 is 2.20 bits per heavy atom. The molecule has 2 heterocycles. The van der Waals surface area contributed by atoms with Crippen molar-refractivity contribution in [3.63, 3.8) is 0 Å². The molecule has 3 rings (SSSR count). The minimum absolute atomic E-state index is 0.339. The summed E-state index contributed by atoms with van der Waals surface area (Å²) in [4.78, 5) is 4.48. The van der Waals surface area contributed by atoms with Gasteiger partial charge in [-0.1, -0.05) is 23.4 Å². The number of aromatic nitrogens is 2. The number of hydrogen-bond acceptors (Lipinski definition) is 5. The van der Waals surface area contributed by atoms with Gasteiger partial charge in [-0.25, -0.2) is 0 Å². The Balaban J connectivity index is 1.52. The highest BCUT2D eigenvalue weighted by atomic mass is 16.5. The van der Waals surface area contributed by atoms with Crippen LogP contribution in [-0.2, 0) is 6.42 Å². The monoisotopic (exact) mass is 273 g/mol. The van der Waals surface area contributed by atoms with Gasteiger partial charge in [0.2, 0.25) is 5.89 Å². The second kappa shape index (κ2) is 6.05. The summed E-state index contributed by atoms with van der Waals surface area (Å²) in [7, 11) is 0. The standard InChI is InChI=1S/C15H19N3O2/c1-11-13(7-9-16-11)15-17-14(18-20-15)8-10-19-12-5-3-2-4-6-12/h2-6,11,13,16H,7-10H2,1H3. The maximum Gasteiger partial charge on any atom is 0.231 e. The van der Waals surface area contributed by atoms with E-state index >= 15 is 0 Å². The highest BCUT2D eigenvalue weighted by Gasteiger charge is 2.29. The zero-order valence-corrected chi connectivity index (χ0v) is 11.6. The predicted molar refractivity (Wildman–Crippen MR) is 74.8 cm³/mol. The minimum Gasteiger partial charge on any atom is -0.493 e. The molecule has 2 aromatic rings. The molecule has 106 valence electrons. The minimum atomic E-state index is 0.339. The van der Waals surface area contributed by atoms with E-state index < -0.39 is 0 Å². The van der Waals surface area contributed by atoms with Crippen LogP contribution in [-0.4, -0.2) is 29.3 Å². The maximum atomic E-state index is 5.63. The van der Waals surface area contributed by atoms with Crippen LogP contribution >= 0.6 is 0 Å². The third-order valence-corrected chi connectivity index (χ3v) is 3.66. The molecule has 0 saturated carbocycles. The van der Waals surface area contributed by atoms with Gasteiger partial charge in [0.15, 0.2) is 5.82 Å². The van der Waals surface area contributed by atoms with Crippen molar-refractivity contribution < 1.29 is 9.26 Å². The van der Waals surface area contributed by atoms with Crippen LogP contribution in [0.2, 0.25) is 0 Å². The molecule has 1 aromatic heterocycles. The van der Waals surface area contributed by atoms with E-state index in [1.165, 1.54) is 0 Å². The van der Waals surface area contributed by atoms with Gasteiger partial charge in [-0.15, -0.1) is 0 Å². The SMILES string of the molecule is CC1NCCC1c1nc(CCOc2ccccc2)no1. The molecule has 5 nitrogen and oxygen atoms in total. The quantitative estimate of drug-likeness (QED) is 0.904. The molecule has 1 aliphatic rings. The van der Waals surface area contributed by atoms with Crippen LogP contribution in [0.25, 0.3) is 0 Å². The first-order valence-electron chi connectivity index (χ1n) is 7.06. The molecular formula is C15H19N3O2. The van der Waals surface area contributed by atoms with Gasteiger partial charge in [-0.3, -0.25) is 0 Å². The molecule has 1 saturated heterocycles. The van der Waals surface area contributed by atoms with Crippen LogP contribution in [0, 0.1) is 0 Å². The van der Waals surface area contributed by atoms with Crippen molar-refractivity contribution in [2.24, 2.45) is 0 Å². The van der Waals surface area contributed by atoms with E-state index in [0.717, 1.165) is 30.4 Å². The lowest BCUT2D eigenvalue weighted by atomic mass is 10.0. The van der Waals surface area contributed by atoms with Gasteiger partial charge in [-0.05, 0) is 32.0 Å². The normalized spacial score (nSPS) is 22.1. The van der Waals surface area contributed by atoms with Crippen LogP contribution in [0.3, 0.4) is 0 Å². The molecule has 20 heavy (non-hydrogen) atoms. The summed E-state index contributed by atoms with van der Waals surface area (Å²) in [6.07, 6.45) is 1.72. The molecule has 0 spiro atoms. The number of para-hydroxylation sites is 1. The summed E-state index contributed by atoms with van der Waals surface area (Å²) < 4.78 is 11.0. The van der Waals surface area contributed by atoms with E-state index in [1.54, 1.807) is 0 Å². The average Bonchev–Trinajstić information content (AvgIpc) is 3.09. The molecule has 0 bridgehead atoms. The topological polar surface area (TPSA) is 60.2 Å². The second-order valence-corrected chi connectivity index (χ2v) is 5.10. The first-order valence-corrected chi connectivity index (χ1v) is 7.06. The van der Waals surface area contributed by atoms with Gasteiger partial charge in [0.1, 0.15) is 5.75 Å². The molecule has 1 fully saturated rings. The van der Waals surface area contributed by atoms with Crippen LogP contribution in [0.4, 0.5) is 0 Å². The lowest BCUT2D eigenvalue weighted by molar-refractivity contribution is 0.311. The van der Waals surface area contributed by atoms with E-state index in [2.05, 4.69) is 22.4 Å². The number of nitrogens with zero attached hydrogens (tertiary/aromatic N) is 2. The van der Waals surface area contributed by atoms with Crippen LogP contribution < -0.4 is 10.1 Å². The predicted octanol–water partition coefficient (Wildman–Crippen LogP) is 2.16. The van der Waals surface area contributed by atoms with Crippen molar-refractivity contribution in [2.45, 2.75) is 31.7 Å². The highest BCUT2D eigenvalue weighted by Crippen LogP contribution is 2.25. The molecule has 2 atom stereocenters. The largest absolute Gasteiger partial charge is 0.493 e. The van der Waals surface area contributed by atoms with Crippen molar-refractivity contribution >= 4 is 0 Å². The van der Waals surface area contributed by atoms with E-state index in [1.807, 2.05) is 30.3 Å². The Hall–Kier alpha value is -1.88. The first kappa shape index (κ1) is 13.1. The maximum absolute atomic E-state index is 5.63. The van der Waals surface area contributed by atoms with Crippen LogP contribution in [0.5, 0.6) is 5.75 Å². The molecule has 0 radical (unpaired) electrons. The fourth-order valence-corrected chi connectivity index (χ4v) is 2.49. The molecule has 2 unspecified atom stereocenters. The Bertz CT molecular complexity index is 541. The third-order valence-electron chi connectivity index (χ3n) is 3.66. The summed E-state index contributed by atoms with van der Waals surface area (Å²) in [5.41, 5.74) is 0. The first-order chi connectivity index (χ1) is 9.83. The Morgan fingerprint density at radius 3 is 2.95 bits per heavy atom. The van der Waals surface area contributed by atoms with Crippen molar-refractivity contribution in [2.75, 3.05) is 13.2 Å². The fraction of sp³-hybridized carbons (Fsp3) is 0.467. The van der Waals surface area contributed by atoms with Crippen molar-refractivity contribution in [1.29, 1.82) is 0 Å². The highest BCUT2D eigenvalue weighted by molar-refractivity contribution is 5.20. The van der Waals surface area contributed by atoms with Gasteiger partial charge in [0.25, 0.3) is 0 Å². The average molecular weight is 273 g/mol. The summed E-state index contributed by atoms with van der Waals surface area (Å²) >= 11 is 0. The molecule has 0 aliphatic carbocycles. The molecule has 1 N–H and O–H groups in total. The smallest absolute Gasteiger partial charge is 0.231 e. The molecule has 5 heteroatoms. The van der Waals surface area contributed by atoms with Gasteiger partial charge < -0.3 is 14.6 Å². The summed E-state index contributed by atoms with van der Waals surface area (Å²) in [6.45, 7) is 3.72. The lowest BCUT2D eigenvalue weighted by Crippen LogP contribution is -2.21. The molecule has 1 aromatic carbocycles. The van der Waals surface area contributed by atoms with Gasteiger partial charge in [0.05, 0.1) is 12.5 Å². The number of rotatable bonds is 5. The van der Waals surface area contributed by atoms with Gasteiger partial charge in [0, 0.05) is 12.5 Å². The molecule has 1 aliphatic heterocycles. The molecular weight excluding hydrogens is 254 g/mol. The number of nitrogens with one attached hydrogen (secondary N) is 1. The summed E-state index contributed by atoms with van der Waals surface area (Å²) in [5, 5.41) is 7.42. The lowest BCUT2D eigenvalue weighted by Gasteiger charge is -2.08. The van der Waals surface area contributed by atoms with E-state index in [4.69, 9.17) is 9.26 Å². The third kappa shape index (κ3) is 2.99. The van der Waals surface area contributed by atoms with Crippen molar-refractivity contribution in [3.8, 4) is 5.75 Å². The van der Waals surface area contributed by atoms with Gasteiger partial charge >= 0.3 is 0 Å². The Labute approximate surface area is 118 Å². The summed E-state index contributed by atoms with van der Waals surface area (Å²) in [6, 6.07) is 10.2. The van der Waals surface area contributed by atoms with Crippen molar-refractivity contribution in [3.05, 3.63) is 42.0 Å². The molecule has 0 amide bonds. The second-order valence-electron chi connectivity index (χ2n) is 5.10. The van der Waals surface area contributed by atoms with E-state index in [0.29, 0.717) is 25.0 Å². The van der Waals surface area contributed by atoms with E-state index in [9.17, 15) is 0 Å². The van der Waals surface area contributed by atoms with Gasteiger partial charge in [-0.2, -0.15) is 4.98 Å². The fourth-order valence-electron chi connectivity index (χ4n) is 2.49. The van der Waals surface area contributed by atoms with Crippen LogP contribution in [0.15, 0.2) is 34.9 Å². The Kier molecular flexibility index (Phi) is 3.97. The zero-order valence-electron chi connectivity index (χ0n) is 11.6. The van der Waals surface area contributed by atoms with E-state index in [-0.39, 0.29) is 0 Å². The Morgan fingerprint density at radius 1 is 1.35 bits per heavy atom. The van der Waals surface area contributed by atoms with Crippen LogP contribution in [0.1, 0.15) is 31.0 Å². The number of benzene rings is 1. The number of hydrogen-bond donors (Lipinski definition) is 1. The number of ether oxygens (including phenoxy) is 1. The summed E-state index contributed by atoms with van der Waals surface area (Å²) in [5.74, 6) is 2.67. The zero-order chi connectivity index (χ0) is 13.8. The van der Waals surface area contributed by atoms with Crippen molar-refractivity contribution in [1.82, 2.24) is 15.5 Å².